The maximum absolute atomic E-state index is 6.03. The van der Waals surface area contributed by atoms with Gasteiger partial charge in [-0.15, -0.1) is 0 Å². The lowest BCUT2D eigenvalue weighted by Gasteiger charge is -2.30. The highest BCUT2D eigenvalue weighted by Gasteiger charge is 2.41. The summed E-state index contributed by atoms with van der Waals surface area (Å²) in [5, 5.41) is 3.67. The van der Waals surface area contributed by atoms with Gasteiger partial charge >= 0.3 is 0 Å². The number of benzene rings is 1. The Kier molecular flexibility index (Phi) is 4.64. The van der Waals surface area contributed by atoms with Crippen molar-refractivity contribution in [3.05, 3.63) is 35.4 Å². The van der Waals surface area contributed by atoms with E-state index in [0.29, 0.717) is 30.1 Å². The smallest absolute Gasteiger partial charge is 0.0600 e. The van der Waals surface area contributed by atoms with Crippen LogP contribution in [0.3, 0.4) is 0 Å². The first-order valence-electron chi connectivity index (χ1n) is 7.50. The third-order valence-corrected chi connectivity index (χ3v) is 4.53. The van der Waals surface area contributed by atoms with Crippen molar-refractivity contribution >= 4 is 0 Å². The van der Waals surface area contributed by atoms with Gasteiger partial charge in [-0.3, -0.25) is 0 Å². The van der Waals surface area contributed by atoms with Crippen LogP contribution in [0.2, 0.25) is 0 Å². The van der Waals surface area contributed by atoms with Gasteiger partial charge in [-0.05, 0) is 38.8 Å². The van der Waals surface area contributed by atoms with E-state index in [4.69, 9.17) is 4.74 Å². The number of rotatable bonds is 4. The van der Waals surface area contributed by atoms with Crippen molar-refractivity contribution in [3.63, 3.8) is 0 Å². The number of hydrogen-bond acceptors (Lipinski definition) is 2. The van der Waals surface area contributed by atoms with Crippen LogP contribution in [-0.4, -0.2) is 18.8 Å². The lowest BCUT2D eigenvalue weighted by Crippen LogP contribution is -2.35. The van der Waals surface area contributed by atoms with E-state index in [1.807, 2.05) is 0 Å². The predicted molar refractivity (Wildman–Crippen MR) is 80.3 cm³/mol. The minimum atomic E-state index is 0.314. The summed E-state index contributed by atoms with van der Waals surface area (Å²) in [6.45, 7) is 12.1. The molecule has 2 nitrogen and oxygen atoms in total. The van der Waals surface area contributed by atoms with E-state index < -0.39 is 0 Å². The Morgan fingerprint density at radius 2 is 1.95 bits per heavy atom. The molecule has 2 rings (SSSR count). The van der Waals surface area contributed by atoms with E-state index in [1.165, 1.54) is 11.1 Å². The quantitative estimate of drug-likeness (QED) is 0.892. The number of aryl methyl sites for hydroxylation is 1. The zero-order valence-corrected chi connectivity index (χ0v) is 12.8. The fourth-order valence-electron chi connectivity index (χ4n) is 3.43. The Balaban J connectivity index is 2.30. The van der Waals surface area contributed by atoms with Crippen molar-refractivity contribution in [2.75, 3.05) is 6.54 Å². The second-order valence-electron chi connectivity index (χ2n) is 5.93. The molecular weight excluding hydrogens is 234 g/mol. The molecule has 0 bridgehead atoms. The summed E-state index contributed by atoms with van der Waals surface area (Å²) in [7, 11) is 0. The van der Waals surface area contributed by atoms with Crippen molar-refractivity contribution < 1.29 is 4.74 Å². The number of ether oxygens (including phenoxy) is 1. The van der Waals surface area contributed by atoms with Gasteiger partial charge in [0.15, 0.2) is 0 Å². The third-order valence-electron chi connectivity index (χ3n) is 4.53. The lowest BCUT2D eigenvalue weighted by atomic mass is 9.80. The maximum atomic E-state index is 6.03. The molecule has 5 atom stereocenters. The summed E-state index contributed by atoms with van der Waals surface area (Å²) < 4.78 is 6.03. The molecule has 1 aromatic carbocycles. The van der Waals surface area contributed by atoms with Crippen molar-refractivity contribution in [2.24, 2.45) is 11.8 Å². The standard InChI is InChI=1S/C17H27NO/c1-6-18-17(15-9-7-8-11(2)10-15)16-12(3)13(4)19-14(16)5/h7-10,12-14,16-18H,6H2,1-5H3. The molecule has 0 radical (unpaired) electrons. The van der Waals surface area contributed by atoms with Crippen LogP contribution in [0, 0.1) is 18.8 Å². The molecule has 19 heavy (non-hydrogen) atoms. The highest BCUT2D eigenvalue weighted by molar-refractivity contribution is 5.26. The molecule has 0 spiro atoms. The average molecular weight is 261 g/mol. The molecule has 0 amide bonds. The van der Waals surface area contributed by atoms with Crippen molar-refractivity contribution in [1.29, 1.82) is 0 Å². The molecule has 2 heteroatoms. The summed E-state index contributed by atoms with van der Waals surface area (Å²) in [5.74, 6) is 1.12. The molecule has 1 fully saturated rings. The molecule has 0 aromatic heterocycles. The van der Waals surface area contributed by atoms with Gasteiger partial charge in [-0.2, -0.15) is 0 Å². The van der Waals surface area contributed by atoms with Gasteiger partial charge in [-0.1, -0.05) is 43.7 Å². The average Bonchev–Trinajstić information content (AvgIpc) is 2.61. The van der Waals surface area contributed by atoms with Crippen LogP contribution in [-0.2, 0) is 4.74 Å². The molecular formula is C17H27NO. The minimum absolute atomic E-state index is 0.314. The van der Waals surface area contributed by atoms with Gasteiger partial charge in [0, 0.05) is 12.0 Å². The van der Waals surface area contributed by atoms with E-state index in [0.717, 1.165) is 6.54 Å². The topological polar surface area (TPSA) is 21.3 Å². The van der Waals surface area contributed by atoms with Crippen molar-refractivity contribution in [2.45, 2.75) is 52.9 Å². The number of hydrogen-bond donors (Lipinski definition) is 1. The van der Waals surface area contributed by atoms with Gasteiger partial charge in [0.25, 0.3) is 0 Å². The van der Waals surface area contributed by atoms with Crippen LogP contribution < -0.4 is 5.32 Å². The van der Waals surface area contributed by atoms with Gasteiger partial charge in [0.2, 0.25) is 0 Å². The fourth-order valence-corrected chi connectivity index (χ4v) is 3.43. The van der Waals surface area contributed by atoms with E-state index in [9.17, 15) is 0 Å². The molecule has 1 aliphatic heterocycles. The lowest BCUT2D eigenvalue weighted by molar-refractivity contribution is 0.0475. The van der Waals surface area contributed by atoms with Crippen LogP contribution >= 0.6 is 0 Å². The molecule has 0 aliphatic carbocycles. The predicted octanol–water partition coefficient (Wildman–Crippen LogP) is 3.71. The third kappa shape index (κ3) is 3.01. The van der Waals surface area contributed by atoms with E-state index in [1.54, 1.807) is 0 Å². The zero-order valence-electron chi connectivity index (χ0n) is 12.8. The van der Waals surface area contributed by atoms with Crippen LogP contribution in [0.1, 0.15) is 44.9 Å². The zero-order chi connectivity index (χ0) is 14.0. The normalized spacial score (nSPS) is 32.5. The Hall–Kier alpha value is -0.860. The highest BCUT2D eigenvalue weighted by atomic mass is 16.5. The Morgan fingerprint density at radius 3 is 2.47 bits per heavy atom. The molecule has 106 valence electrons. The second-order valence-corrected chi connectivity index (χ2v) is 5.93. The summed E-state index contributed by atoms with van der Waals surface area (Å²) in [6, 6.07) is 9.25. The first-order valence-corrected chi connectivity index (χ1v) is 7.50. The molecule has 0 saturated carbocycles. The first kappa shape index (κ1) is 14.5. The summed E-state index contributed by atoms with van der Waals surface area (Å²) in [6.07, 6.45) is 0.667. The van der Waals surface area contributed by atoms with Crippen LogP contribution in [0.4, 0.5) is 0 Å². The van der Waals surface area contributed by atoms with Gasteiger partial charge in [-0.25, -0.2) is 0 Å². The van der Waals surface area contributed by atoms with E-state index in [-0.39, 0.29) is 0 Å². The summed E-state index contributed by atoms with van der Waals surface area (Å²) >= 11 is 0. The van der Waals surface area contributed by atoms with Crippen LogP contribution in [0.5, 0.6) is 0 Å². The Bertz CT molecular complexity index is 417. The SMILES string of the molecule is CCNC(c1cccc(C)c1)C1C(C)OC(C)C1C. The molecule has 1 aromatic rings. The molecule has 5 unspecified atom stereocenters. The number of nitrogens with one attached hydrogen (secondary N) is 1. The monoisotopic (exact) mass is 261 g/mol. The fraction of sp³-hybridized carbons (Fsp3) is 0.647. The molecule has 1 aliphatic rings. The molecule has 1 saturated heterocycles. The van der Waals surface area contributed by atoms with E-state index >= 15 is 0 Å². The molecule has 1 heterocycles. The van der Waals surface area contributed by atoms with Crippen LogP contribution in [0.25, 0.3) is 0 Å². The van der Waals surface area contributed by atoms with Gasteiger partial charge < -0.3 is 10.1 Å². The minimum Gasteiger partial charge on any atom is -0.375 e. The summed E-state index contributed by atoms with van der Waals surface area (Å²) in [5.41, 5.74) is 2.72. The summed E-state index contributed by atoms with van der Waals surface area (Å²) in [4.78, 5) is 0. The van der Waals surface area contributed by atoms with Crippen molar-refractivity contribution in [3.8, 4) is 0 Å². The largest absolute Gasteiger partial charge is 0.375 e. The van der Waals surface area contributed by atoms with Crippen LogP contribution in [0.15, 0.2) is 24.3 Å². The maximum Gasteiger partial charge on any atom is 0.0600 e. The van der Waals surface area contributed by atoms with E-state index in [2.05, 4.69) is 64.2 Å². The van der Waals surface area contributed by atoms with Crippen molar-refractivity contribution in [1.82, 2.24) is 5.32 Å². The Labute approximate surface area is 117 Å². The second kappa shape index (κ2) is 6.06. The first-order chi connectivity index (χ1) is 9.04. The Morgan fingerprint density at radius 1 is 1.21 bits per heavy atom. The molecule has 1 N–H and O–H groups in total. The van der Waals surface area contributed by atoms with Gasteiger partial charge in [0.1, 0.15) is 0 Å². The highest BCUT2D eigenvalue weighted by Crippen LogP contribution is 2.40. The van der Waals surface area contributed by atoms with Gasteiger partial charge in [0.05, 0.1) is 12.2 Å².